The lowest BCUT2D eigenvalue weighted by Gasteiger charge is -2.38. The lowest BCUT2D eigenvalue weighted by molar-refractivity contribution is 0.133. The van der Waals surface area contributed by atoms with Crippen LogP contribution in [0.1, 0.15) is 45.4 Å². The Morgan fingerprint density at radius 2 is 2.00 bits per heavy atom. The fourth-order valence-electron chi connectivity index (χ4n) is 3.03. The summed E-state index contributed by atoms with van der Waals surface area (Å²) in [5.41, 5.74) is 0. The zero-order valence-electron chi connectivity index (χ0n) is 11.0. The summed E-state index contributed by atoms with van der Waals surface area (Å²) in [6.07, 6.45) is 8.58. The second-order valence-electron chi connectivity index (χ2n) is 5.89. The van der Waals surface area contributed by atoms with E-state index in [9.17, 15) is 0 Å². The van der Waals surface area contributed by atoms with Gasteiger partial charge in [0.1, 0.15) is 0 Å². The van der Waals surface area contributed by atoms with Gasteiger partial charge in [0.05, 0.1) is 0 Å². The molecule has 1 saturated carbocycles. The third kappa shape index (κ3) is 3.74. The molecule has 1 N–H and O–H groups in total. The molecule has 1 heterocycles. The number of unbranched alkanes of at least 4 members (excludes halogenated alkanes) is 1. The second-order valence-corrected chi connectivity index (χ2v) is 5.89. The van der Waals surface area contributed by atoms with Crippen molar-refractivity contribution in [3.05, 3.63) is 0 Å². The zero-order valence-corrected chi connectivity index (χ0v) is 11.0. The number of nitrogens with zero attached hydrogens (tertiary/aromatic N) is 1. The third-order valence-electron chi connectivity index (χ3n) is 4.20. The first-order chi connectivity index (χ1) is 7.81. The van der Waals surface area contributed by atoms with Crippen molar-refractivity contribution in [2.75, 3.05) is 26.7 Å². The SMILES string of the molecule is CCCCC1CC(NC)CN(CC2CC2)C1. The maximum Gasteiger partial charge on any atom is 0.0195 e. The van der Waals surface area contributed by atoms with E-state index in [0.717, 1.165) is 17.9 Å². The van der Waals surface area contributed by atoms with Crippen LogP contribution in [0.15, 0.2) is 0 Å². The predicted molar refractivity (Wildman–Crippen MR) is 69.6 cm³/mol. The maximum absolute atomic E-state index is 3.49. The molecule has 2 aliphatic rings. The Balaban J connectivity index is 1.78. The molecule has 0 aromatic carbocycles. The smallest absolute Gasteiger partial charge is 0.0195 e. The first-order valence-corrected chi connectivity index (χ1v) is 7.21. The minimum absolute atomic E-state index is 0.745. The second kappa shape index (κ2) is 6.02. The molecule has 0 amide bonds. The number of hydrogen-bond acceptors (Lipinski definition) is 2. The Bertz CT molecular complexity index is 201. The van der Waals surface area contributed by atoms with Crippen LogP contribution >= 0.6 is 0 Å². The van der Waals surface area contributed by atoms with Crippen LogP contribution in [0, 0.1) is 11.8 Å². The normalized spacial score (nSPS) is 31.9. The molecule has 0 spiro atoms. The molecule has 2 nitrogen and oxygen atoms in total. The number of nitrogens with one attached hydrogen (secondary N) is 1. The standard InChI is InChI=1S/C14H28N2/c1-3-4-5-13-8-14(15-2)11-16(10-13)9-12-6-7-12/h12-15H,3-11H2,1-2H3. The van der Waals surface area contributed by atoms with Crippen molar-refractivity contribution in [3.8, 4) is 0 Å². The van der Waals surface area contributed by atoms with Crippen molar-refractivity contribution in [3.63, 3.8) is 0 Å². The molecule has 2 heteroatoms. The molecule has 0 bridgehead atoms. The summed E-state index contributed by atoms with van der Waals surface area (Å²) in [5.74, 6) is 1.99. The number of rotatable bonds is 6. The van der Waals surface area contributed by atoms with Gasteiger partial charge < -0.3 is 10.2 Å². The topological polar surface area (TPSA) is 15.3 Å². The molecular weight excluding hydrogens is 196 g/mol. The van der Waals surface area contributed by atoms with E-state index in [1.807, 2.05) is 0 Å². The highest BCUT2D eigenvalue weighted by Crippen LogP contribution is 2.31. The molecule has 94 valence electrons. The van der Waals surface area contributed by atoms with E-state index in [-0.39, 0.29) is 0 Å². The monoisotopic (exact) mass is 224 g/mol. The highest BCUT2D eigenvalue weighted by molar-refractivity contribution is 4.86. The van der Waals surface area contributed by atoms with E-state index in [0.29, 0.717) is 0 Å². The van der Waals surface area contributed by atoms with E-state index in [2.05, 4.69) is 24.2 Å². The average molecular weight is 224 g/mol. The van der Waals surface area contributed by atoms with Gasteiger partial charge in [-0.2, -0.15) is 0 Å². The Hall–Kier alpha value is -0.0800. The van der Waals surface area contributed by atoms with Gasteiger partial charge in [0.15, 0.2) is 0 Å². The van der Waals surface area contributed by atoms with Gasteiger partial charge in [-0.05, 0) is 44.6 Å². The Morgan fingerprint density at radius 1 is 1.19 bits per heavy atom. The highest BCUT2D eigenvalue weighted by atomic mass is 15.2. The van der Waals surface area contributed by atoms with Crippen LogP contribution in [-0.2, 0) is 0 Å². The van der Waals surface area contributed by atoms with Crippen molar-refractivity contribution in [2.45, 2.75) is 51.5 Å². The summed E-state index contributed by atoms with van der Waals surface area (Å²) >= 11 is 0. The van der Waals surface area contributed by atoms with Crippen LogP contribution in [-0.4, -0.2) is 37.6 Å². The van der Waals surface area contributed by atoms with Crippen LogP contribution in [0.3, 0.4) is 0 Å². The lowest BCUT2D eigenvalue weighted by atomic mass is 9.90. The zero-order chi connectivity index (χ0) is 11.4. The van der Waals surface area contributed by atoms with Crippen molar-refractivity contribution in [1.29, 1.82) is 0 Å². The van der Waals surface area contributed by atoms with Crippen molar-refractivity contribution in [2.24, 2.45) is 11.8 Å². The summed E-state index contributed by atoms with van der Waals surface area (Å²) in [5, 5.41) is 3.49. The quantitative estimate of drug-likeness (QED) is 0.746. The number of hydrogen-bond donors (Lipinski definition) is 1. The van der Waals surface area contributed by atoms with Crippen LogP contribution < -0.4 is 5.32 Å². The number of likely N-dealkylation sites (tertiary alicyclic amines) is 1. The summed E-state index contributed by atoms with van der Waals surface area (Å²) < 4.78 is 0. The molecule has 2 unspecified atom stereocenters. The van der Waals surface area contributed by atoms with Crippen LogP contribution in [0.2, 0.25) is 0 Å². The molecule has 2 fully saturated rings. The Kier molecular flexibility index (Phi) is 4.66. The minimum atomic E-state index is 0.745. The molecule has 16 heavy (non-hydrogen) atoms. The van der Waals surface area contributed by atoms with Gasteiger partial charge in [0, 0.05) is 25.7 Å². The van der Waals surface area contributed by atoms with Gasteiger partial charge in [-0.25, -0.2) is 0 Å². The lowest BCUT2D eigenvalue weighted by Crippen LogP contribution is -2.48. The maximum atomic E-state index is 3.49. The number of likely N-dealkylation sites (N-methyl/N-ethyl adjacent to an activating group) is 1. The minimum Gasteiger partial charge on any atom is -0.316 e. The van der Waals surface area contributed by atoms with Crippen LogP contribution in [0.25, 0.3) is 0 Å². The van der Waals surface area contributed by atoms with E-state index in [4.69, 9.17) is 0 Å². The van der Waals surface area contributed by atoms with Gasteiger partial charge in [-0.15, -0.1) is 0 Å². The molecule has 2 atom stereocenters. The van der Waals surface area contributed by atoms with Crippen molar-refractivity contribution < 1.29 is 0 Å². The molecule has 0 radical (unpaired) electrons. The molecule has 1 aliphatic heterocycles. The van der Waals surface area contributed by atoms with Gasteiger partial charge in [-0.3, -0.25) is 0 Å². The summed E-state index contributed by atoms with van der Waals surface area (Å²) in [7, 11) is 2.13. The van der Waals surface area contributed by atoms with E-state index < -0.39 is 0 Å². The Labute approximate surface area is 101 Å². The average Bonchev–Trinajstić information content (AvgIpc) is 3.10. The van der Waals surface area contributed by atoms with E-state index in [1.165, 1.54) is 58.2 Å². The van der Waals surface area contributed by atoms with Crippen LogP contribution in [0.4, 0.5) is 0 Å². The molecule has 1 aliphatic carbocycles. The summed E-state index contributed by atoms with van der Waals surface area (Å²) in [4.78, 5) is 2.72. The van der Waals surface area contributed by atoms with Crippen molar-refractivity contribution >= 4 is 0 Å². The predicted octanol–water partition coefficient (Wildman–Crippen LogP) is 2.50. The summed E-state index contributed by atoms with van der Waals surface area (Å²) in [6, 6.07) is 0.745. The van der Waals surface area contributed by atoms with Crippen LogP contribution in [0.5, 0.6) is 0 Å². The largest absolute Gasteiger partial charge is 0.316 e. The third-order valence-corrected chi connectivity index (χ3v) is 4.20. The highest BCUT2D eigenvalue weighted by Gasteiger charge is 2.30. The first-order valence-electron chi connectivity index (χ1n) is 7.21. The molecule has 2 rings (SSSR count). The van der Waals surface area contributed by atoms with E-state index >= 15 is 0 Å². The van der Waals surface area contributed by atoms with Gasteiger partial charge >= 0.3 is 0 Å². The fourth-order valence-corrected chi connectivity index (χ4v) is 3.03. The molecule has 1 saturated heterocycles. The fraction of sp³-hybridized carbons (Fsp3) is 1.00. The molecule has 0 aromatic heterocycles. The van der Waals surface area contributed by atoms with Gasteiger partial charge in [0.2, 0.25) is 0 Å². The van der Waals surface area contributed by atoms with E-state index in [1.54, 1.807) is 0 Å². The first kappa shape index (κ1) is 12.4. The molecule has 0 aromatic rings. The van der Waals surface area contributed by atoms with Gasteiger partial charge in [0.25, 0.3) is 0 Å². The Morgan fingerprint density at radius 3 is 2.62 bits per heavy atom. The summed E-state index contributed by atoms with van der Waals surface area (Å²) in [6.45, 7) is 6.34. The molecular formula is C14H28N2. The van der Waals surface area contributed by atoms with Gasteiger partial charge in [-0.1, -0.05) is 19.8 Å². The number of piperidine rings is 1. The van der Waals surface area contributed by atoms with Crippen molar-refractivity contribution in [1.82, 2.24) is 10.2 Å².